The number of benzene rings is 1. The number of hydrogen-bond donors (Lipinski definition) is 2. The standard InChI is InChI=1S/C14H16BrN5/c1-14(2,3)11-10-12(16)17-18-13(10)20(19-11)9-7-5-4-6-8(9)15/h4-7H,1-3H3,(H3,16,17,18). The van der Waals surface area contributed by atoms with E-state index in [1.807, 2.05) is 28.9 Å². The van der Waals surface area contributed by atoms with Crippen molar-refractivity contribution >= 4 is 32.8 Å². The first-order valence-corrected chi connectivity index (χ1v) is 7.17. The van der Waals surface area contributed by atoms with Gasteiger partial charge >= 0.3 is 0 Å². The molecule has 3 rings (SSSR count). The number of rotatable bonds is 1. The van der Waals surface area contributed by atoms with E-state index >= 15 is 0 Å². The Bertz CT molecular complexity index is 779. The van der Waals surface area contributed by atoms with E-state index in [0.29, 0.717) is 5.82 Å². The lowest BCUT2D eigenvalue weighted by Crippen LogP contribution is -2.13. The second kappa shape index (κ2) is 4.34. The molecular formula is C14H16BrN5. The number of nitrogens with one attached hydrogen (secondary N) is 1. The average Bonchev–Trinajstić information content (AvgIpc) is 2.91. The third kappa shape index (κ3) is 1.91. The Labute approximate surface area is 125 Å². The number of H-pyrrole nitrogens is 1. The summed E-state index contributed by atoms with van der Waals surface area (Å²) in [6.45, 7) is 6.35. The zero-order valence-electron chi connectivity index (χ0n) is 11.6. The molecule has 0 radical (unpaired) electrons. The number of nitrogen functional groups attached to an aromatic ring is 1. The summed E-state index contributed by atoms with van der Waals surface area (Å²) in [6, 6.07) is 7.92. The molecule has 5 nitrogen and oxygen atoms in total. The summed E-state index contributed by atoms with van der Waals surface area (Å²) in [5.74, 6) is 0.559. The summed E-state index contributed by atoms with van der Waals surface area (Å²) in [4.78, 5) is 0. The number of nitrogens with two attached hydrogens (primary N) is 1. The molecule has 0 aliphatic heterocycles. The molecule has 1 aromatic carbocycles. The number of para-hydroxylation sites is 1. The highest BCUT2D eigenvalue weighted by molar-refractivity contribution is 9.10. The molecule has 0 aliphatic carbocycles. The maximum absolute atomic E-state index is 6.02. The molecule has 2 aromatic heterocycles. The van der Waals surface area contributed by atoms with Gasteiger partial charge in [-0.2, -0.15) is 10.2 Å². The van der Waals surface area contributed by atoms with Gasteiger partial charge in [0.2, 0.25) is 0 Å². The minimum atomic E-state index is -0.108. The van der Waals surface area contributed by atoms with Crippen molar-refractivity contribution in [3.8, 4) is 5.69 Å². The fourth-order valence-electron chi connectivity index (χ4n) is 2.25. The van der Waals surface area contributed by atoms with Gasteiger partial charge in [-0.05, 0) is 28.1 Å². The van der Waals surface area contributed by atoms with Crippen molar-refractivity contribution < 1.29 is 0 Å². The molecule has 0 unspecified atom stereocenters. The molecular weight excluding hydrogens is 318 g/mol. The van der Waals surface area contributed by atoms with E-state index in [9.17, 15) is 0 Å². The molecule has 3 aromatic rings. The molecule has 0 spiro atoms. The third-order valence-corrected chi connectivity index (χ3v) is 3.87. The van der Waals surface area contributed by atoms with Gasteiger partial charge in [0.25, 0.3) is 0 Å². The highest BCUT2D eigenvalue weighted by Gasteiger charge is 2.26. The van der Waals surface area contributed by atoms with E-state index in [4.69, 9.17) is 10.8 Å². The van der Waals surface area contributed by atoms with Crippen LogP contribution in [0.15, 0.2) is 28.7 Å². The van der Waals surface area contributed by atoms with Crippen LogP contribution in [-0.4, -0.2) is 20.0 Å². The number of hydrogen-bond acceptors (Lipinski definition) is 3. The molecule has 2 heterocycles. The molecule has 0 fully saturated rings. The molecule has 20 heavy (non-hydrogen) atoms. The van der Waals surface area contributed by atoms with Crippen LogP contribution in [0, 0.1) is 0 Å². The zero-order valence-corrected chi connectivity index (χ0v) is 13.2. The van der Waals surface area contributed by atoms with Crippen molar-refractivity contribution in [2.75, 3.05) is 5.73 Å². The predicted molar refractivity (Wildman–Crippen MR) is 84.0 cm³/mol. The lowest BCUT2D eigenvalue weighted by molar-refractivity contribution is 0.564. The van der Waals surface area contributed by atoms with Gasteiger partial charge in [-0.15, -0.1) is 0 Å². The monoisotopic (exact) mass is 333 g/mol. The van der Waals surface area contributed by atoms with Crippen molar-refractivity contribution in [1.29, 1.82) is 0 Å². The van der Waals surface area contributed by atoms with Crippen molar-refractivity contribution in [2.45, 2.75) is 26.2 Å². The zero-order chi connectivity index (χ0) is 14.5. The Kier molecular flexibility index (Phi) is 2.86. The number of nitrogens with zero attached hydrogens (tertiary/aromatic N) is 3. The van der Waals surface area contributed by atoms with Gasteiger partial charge in [0.1, 0.15) is 5.82 Å². The normalized spacial score (nSPS) is 12.2. The van der Waals surface area contributed by atoms with Crippen LogP contribution in [-0.2, 0) is 5.41 Å². The van der Waals surface area contributed by atoms with Gasteiger partial charge in [0, 0.05) is 9.89 Å². The van der Waals surface area contributed by atoms with Gasteiger partial charge < -0.3 is 5.73 Å². The first-order valence-electron chi connectivity index (χ1n) is 6.37. The smallest absolute Gasteiger partial charge is 0.186 e. The van der Waals surface area contributed by atoms with Gasteiger partial charge in [0.15, 0.2) is 5.65 Å². The molecule has 0 aliphatic rings. The Morgan fingerprint density at radius 3 is 2.60 bits per heavy atom. The Balaban J connectivity index is 2.36. The number of fused-ring (bicyclic) bond motifs is 1. The van der Waals surface area contributed by atoms with Crippen molar-refractivity contribution in [2.24, 2.45) is 0 Å². The summed E-state index contributed by atoms with van der Waals surface area (Å²) in [5, 5.41) is 12.8. The predicted octanol–water partition coefficient (Wildman–Crippen LogP) is 3.39. The highest BCUT2D eigenvalue weighted by Crippen LogP contribution is 2.34. The summed E-state index contributed by atoms with van der Waals surface area (Å²) in [6.07, 6.45) is 0. The van der Waals surface area contributed by atoms with Crippen molar-refractivity contribution in [3.05, 3.63) is 34.4 Å². The quantitative estimate of drug-likeness (QED) is 0.716. The number of aromatic amines is 1. The van der Waals surface area contributed by atoms with Crippen LogP contribution in [0.2, 0.25) is 0 Å². The maximum atomic E-state index is 6.02. The van der Waals surface area contributed by atoms with Crippen LogP contribution in [0.4, 0.5) is 5.82 Å². The number of anilines is 1. The fraction of sp³-hybridized carbons (Fsp3) is 0.286. The van der Waals surface area contributed by atoms with E-state index in [1.165, 1.54) is 0 Å². The van der Waals surface area contributed by atoms with E-state index in [0.717, 1.165) is 26.9 Å². The number of halogens is 1. The average molecular weight is 334 g/mol. The second-order valence-electron chi connectivity index (χ2n) is 5.80. The molecule has 0 saturated carbocycles. The summed E-state index contributed by atoms with van der Waals surface area (Å²) < 4.78 is 2.79. The SMILES string of the molecule is CC(C)(C)c1nn(-c2ccccc2Br)c2n[nH]c(N)c12. The van der Waals surface area contributed by atoms with Crippen molar-refractivity contribution in [3.63, 3.8) is 0 Å². The lowest BCUT2D eigenvalue weighted by Gasteiger charge is -2.15. The Morgan fingerprint density at radius 2 is 1.95 bits per heavy atom. The van der Waals surface area contributed by atoms with Gasteiger partial charge in [-0.3, -0.25) is 5.10 Å². The van der Waals surface area contributed by atoms with Crippen LogP contribution < -0.4 is 5.73 Å². The molecule has 0 bridgehead atoms. The maximum Gasteiger partial charge on any atom is 0.186 e. The molecule has 6 heteroatoms. The van der Waals surface area contributed by atoms with Gasteiger partial charge in [-0.25, -0.2) is 4.68 Å². The fourth-order valence-corrected chi connectivity index (χ4v) is 2.70. The molecule has 0 atom stereocenters. The Hall–Kier alpha value is -1.82. The third-order valence-electron chi connectivity index (χ3n) is 3.20. The van der Waals surface area contributed by atoms with Crippen LogP contribution in [0.25, 0.3) is 16.7 Å². The van der Waals surface area contributed by atoms with Gasteiger partial charge in [0.05, 0.1) is 16.8 Å². The van der Waals surface area contributed by atoms with E-state index in [1.54, 1.807) is 0 Å². The minimum absolute atomic E-state index is 0.108. The van der Waals surface area contributed by atoms with Crippen LogP contribution in [0.1, 0.15) is 26.5 Å². The summed E-state index contributed by atoms with van der Waals surface area (Å²) in [5.41, 5.74) is 8.54. The van der Waals surface area contributed by atoms with Gasteiger partial charge in [-0.1, -0.05) is 32.9 Å². The first kappa shape index (κ1) is 13.2. The summed E-state index contributed by atoms with van der Waals surface area (Å²) in [7, 11) is 0. The second-order valence-corrected chi connectivity index (χ2v) is 6.65. The topological polar surface area (TPSA) is 72.5 Å². The Morgan fingerprint density at radius 1 is 1.25 bits per heavy atom. The molecule has 104 valence electrons. The molecule has 0 amide bonds. The van der Waals surface area contributed by atoms with Crippen LogP contribution in [0.5, 0.6) is 0 Å². The van der Waals surface area contributed by atoms with Crippen LogP contribution in [0.3, 0.4) is 0 Å². The van der Waals surface area contributed by atoms with E-state index in [-0.39, 0.29) is 5.41 Å². The first-order chi connectivity index (χ1) is 9.39. The lowest BCUT2D eigenvalue weighted by atomic mass is 9.91. The highest BCUT2D eigenvalue weighted by atomic mass is 79.9. The molecule has 3 N–H and O–H groups in total. The van der Waals surface area contributed by atoms with E-state index in [2.05, 4.69) is 46.9 Å². The minimum Gasteiger partial charge on any atom is -0.383 e. The van der Waals surface area contributed by atoms with Crippen molar-refractivity contribution in [1.82, 2.24) is 20.0 Å². The number of aromatic nitrogens is 4. The summed E-state index contributed by atoms with van der Waals surface area (Å²) >= 11 is 3.56. The molecule has 0 saturated heterocycles. The van der Waals surface area contributed by atoms with E-state index < -0.39 is 0 Å². The largest absolute Gasteiger partial charge is 0.383 e. The van der Waals surface area contributed by atoms with Crippen LogP contribution >= 0.6 is 15.9 Å².